The topological polar surface area (TPSA) is 92.3 Å². The average Bonchev–Trinajstić information content (AvgIpc) is 2.79. The Morgan fingerprint density at radius 3 is 2.38 bits per heavy atom. The van der Waals surface area contributed by atoms with Gasteiger partial charge in [0.05, 0.1) is 14.7 Å². The first-order valence-corrected chi connectivity index (χ1v) is 14.5. The van der Waals surface area contributed by atoms with E-state index < -0.39 is 19.9 Å². The van der Waals surface area contributed by atoms with Crippen LogP contribution in [0.25, 0.3) is 0 Å². The van der Waals surface area contributed by atoms with E-state index in [0.717, 1.165) is 69.2 Å². The van der Waals surface area contributed by atoms with Gasteiger partial charge in [-0.25, -0.2) is 21.6 Å². The number of rotatable bonds is 3. The number of benzene rings is 2. The molecular formula is C24H30N2O4S2. The lowest BCUT2D eigenvalue weighted by atomic mass is 9.65. The van der Waals surface area contributed by atoms with Crippen molar-refractivity contribution in [3.05, 3.63) is 53.1 Å². The highest BCUT2D eigenvalue weighted by atomic mass is 32.2. The smallest absolute Gasteiger partial charge is 0.241 e. The summed E-state index contributed by atoms with van der Waals surface area (Å²) < 4.78 is 56.8. The maximum absolute atomic E-state index is 13.7. The van der Waals surface area contributed by atoms with Crippen LogP contribution in [-0.2, 0) is 25.3 Å². The van der Waals surface area contributed by atoms with Crippen LogP contribution in [0.3, 0.4) is 0 Å². The maximum Gasteiger partial charge on any atom is 0.241 e. The Morgan fingerprint density at radius 2 is 1.66 bits per heavy atom. The van der Waals surface area contributed by atoms with Gasteiger partial charge in [-0.2, -0.15) is 0 Å². The van der Waals surface area contributed by atoms with E-state index in [1.54, 1.807) is 19.1 Å². The van der Waals surface area contributed by atoms with Gasteiger partial charge in [0.2, 0.25) is 19.9 Å². The van der Waals surface area contributed by atoms with Crippen LogP contribution in [0.1, 0.15) is 61.6 Å². The molecule has 2 aromatic rings. The molecule has 1 aliphatic carbocycles. The van der Waals surface area contributed by atoms with Gasteiger partial charge < -0.3 is 5.32 Å². The van der Waals surface area contributed by atoms with Crippen molar-refractivity contribution in [2.24, 2.45) is 0 Å². The van der Waals surface area contributed by atoms with Crippen molar-refractivity contribution >= 4 is 19.9 Å². The monoisotopic (exact) mass is 474 g/mol. The molecule has 3 aliphatic rings. The van der Waals surface area contributed by atoms with Gasteiger partial charge in [0.15, 0.2) is 0 Å². The SMILES string of the molecule is Cc1cc2c(cc1S(=O)(=O)NC1CCNCC1)S(=O)(=O)c1ccccc1C21CCCCC1. The molecule has 0 amide bonds. The summed E-state index contributed by atoms with van der Waals surface area (Å²) in [6.45, 7) is 3.31. The Bertz CT molecular complexity index is 1260. The summed E-state index contributed by atoms with van der Waals surface area (Å²) in [5, 5.41) is 3.23. The van der Waals surface area contributed by atoms with Crippen LogP contribution in [0.15, 0.2) is 51.1 Å². The van der Waals surface area contributed by atoms with E-state index in [2.05, 4.69) is 10.0 Å². The van der Waals surface area contributed by atoms with Gasteiger partial charge in [0.25, 0.3) is 0 Å². The van der Waals surface area contributed by atoms with Gasteiger partial charge in [0.1, 0.15) is 0 Å². The summed E-state index contributed by atoms with van der Waals surface area (Å²) >= 11 is 0. The van der Waals surface area contributed by atoms with Gasteiger partial charge in [-0.1, -0.05) is 43.5 Å². The van der Waals surface area contributed by atoms with E-state index in [9.17, 15) is 16.8 Å². The molecule has 8 heteroatoms. The van der Waals surface area contributed by atoms with Crippen LogP contribution in [0, 0.1) is 6.92 Å². The number of hydrogen-bond donors (Lipinski definition) is 2. The minimum absolute atomic E-state index is 0.0729. The van der Waals surface area contributed by atoms with E-state index in [0.29, 0.717) is 10.5 Å². The predicted molar refractivity (Wildman–Crippen MR) is 123 cm³/mol. The van der Waals surface area contributed by atoms with Crippen LogP contribution in [0.5, 0.6) is 0 Å². The first-order valence-electron chi connectivity index (χ1n) is 11.5. The fourth-order valence-electron chi connectivity index (χ4n) is 5.83. The molecule has 1 spiro atoms. The van der Waals surface area contributed by atoms with E-state index in [1.165, 1.54) is 6.07 Å². The number of hydrogen-bond acceptors (Lipinski definition) is 5. The number of piperidine rings is 1. The largest absolute Gasteiger partial charge is 0.317 e. The van der Waals surface area contributed by atoms with Gasteiger partial charge in [-0.3, -0.25) is 0 Å². The molecule has 1 saturated carbocycles. The molecule has 2 N–H and O–H groups in total. The Labute approximate surface area is 190 Å². The number of sulfonamides is 1. The summed E-state index contributed by atoms with van der Waals surface area (Å²) in [4.78, 5) is 0.561. The quantitative estimate of drug-likeness (QED) is 0.711. The Morgan fingerprint density at radius 1 is 0.969 bits per heavy atom. The normalized spacial score (nSPS) is 22.3. The average molecular weight is 475 g/mol. The van der Waals surface area contributed by atoms with Crippen molar-refractivity contribution in [2.45, 2.75) is 78.0 Å². The van der Waals surface area contributed by atoms with Crippen molar-refractivity contribution < 1.29 is 16.8 Å². The van der Waals surface area contributed by atoms with Crippen molar-refractivity contribution in [1.29, 1.82) is 0 Å². The van der Waals surface area contributed by atoms with Crippen molar-refractivity contribution in [2.75, 3.05) is 13.1 Å². The van der Waals surface area contributed by atoms with Crippen molar-refractivity contribution in [3.8, 4) is 0 Å². The van der Waals surface area contributed by atoms with E-state index in [4.69, 9.17) is 0 Å². The first-order chi connectivity index (χ1) is 15.3. The molecule has 0 unspecified atom stereocenters. The highest BCUT2D eigenvalue weighted by Gasteiger charge is 2.47. The molecule has 0 aromatic heterocycles. The standard InChI is InChI=1S/C24H30N2O4S2/c1-17-15-20-23(16-22(17)32(29,30)26-18-9-13-25-14-10-18)31(27,28)21-8-4-3-7-19(21)24(20)11-5-2-6-12-24/h3-4,7-8,15-16,18,25-26H,2,5-6,9-14H2,1H3. The van der Waals surface area contributed by atoms with Gasteiger partial charge in [0, 0.05) is 11.5 Å². The molecule has 0 radical (unpaired) electrons. The molecule has 172 valence electrons. The van der Waals surface area contributed by atoms with Crippen LogP contribution < -0.4 is 10.0 Å². The lowest BCUT2D eigenvalue weighted by Crippen LogP contribution is -2.43. The highest BCUT2D eigenvalue weighted by Crippen LogP contribution is 2.53. The second-order valence-electron chi connectivity index (χ2n) is 9.40. The third-order valence-corrected chi connectivity index (χ3v) is 10.9. The Hall–Kier alpha value is -1.74. The fourth-order valence-corrected chi connectivity index (χ4v) is 9.33. The molecular weight excluding hydrogens is 444 g/mol. The lowest BCUT2D eigenvalue weighted by molar-refractivity contribution is 0.332. The number of fused-ring (bicyclic) bond motifs is 4. The number of aryl methyl sites for hydroxylation is 1. The van der Waals surface area contributed by atoms with E-state index in [-0.39, 0.29) is 21.2 Å². The molecule has 1 saturated heterocycles. The Balaban J connectivity index is 1.68. The maximum atomic E-state index is 13.7. The molecule has 2 heterocycles. The van der Waals surface area contributed by atoms with E-state index >= 15 is 0 Å². The second-order valence-corrected chi connectivity index (χ2v) is 13.0. The zero-order valence-electron chi connectivity index (χ0n) is 18.4. The molecule has 2 fully saturated rings. The highest BCUT2D eigenvalue weighted by molar-refractivity contribution is 7.92. The predicted octanol–water partition coefficient (Wildman–Crippen LogP) is 3.42. The molecule has 0 bridgehead atoms. The minimum Gasteiger partial charge on any atom is -0.317 e. The summed E-state index contributed by atoms with van der Waals surface area (Å²) in [6.07, 6.45) is 6.40. The molecule has 2 aliphatic heterocycles. The number of sulfone groups is 1. The molecule has 6 nitrogen and oxygen atoms in total. The molecule has 2 aromatic carbocycles. The zero-order valence-corrected chi connectivity index (χ0v) is 20.0. The van der Waals surface area contributed by atoms with Crippen LogP contribution in [0.2, 0.25) is 0 Å². The third-order valence-electron chi connectivity index (χ3n) is 7.43. The summed E-state index contributed by atoms with van der Waals surface area (Å²) in [7, 11) is -7.65. The van der Waals surface area contributed by atoms with Crippen molar-refractivity contribution in [3.63, 3.8) is 0 Å². The van der Waals surface area contributed by atoms with Gasteiger partial charge >= 0.3 is 0 Å². The Kier molecular flexibility index (Phi) is 5.47. The molecule has 32 heavy (non-hydrogen) atoms. The summed E-state index contributed by atoms with van der Waals surface area (Å²) in [5.41, 5.74) is 1.87. The van der Waals surface area contributed by atoms with Crippen LogP contribution in [0.4, 0.5) is 0 Å². The lowest BCUT2D eigenvalue weighted by Gasteiger charge is -2.43. The van der Waals surface area contributed by atoms with Gasteiger partial charge in [-0.15, -0.1) is 0 Å². The minimum atomic E-state index is -3.84. The van der Waals surface area contributed by atoms with Crippen LogP contribution >= 0.6 is 0 Å². The fraction of sp³-hybridized carbons (Fsp3) is 0.500. The van der Waals surface area contributed by atoms with Crippen LogP contribution in [-0.4, -0.2) is 36.0 Å². The van der Waals surface area contributed by atoms with Gasteiger partial charge in [-0.05, 0) is 74.5 Å². The zero-order chi connectivity index (χ0) is 22.6. The number of nitrogens with one attached hydrogen (secondary N) is 2. The summed E-state index contributed by atoms with van der Waals surface area (Å²) in [5.74, 6) is 0. The first kappa shape index (κ1) is 22.1. The van der Waals surface area contributed by atoms with E-state index in [1.807, 2.05) is 18.2 Å². The van der Waals surface area contributed by atoms with Crippen molar-refractivity contribution in [1.82, 2.24) is 10.0 Å². The summed E-state index contributed by atoms with van der Waals surface area (Å²) in [6, 6.07) is 10.4. The second kappa shape index (κ2) is 7.94. The third kappa shape index (κ3) is 3.43. The molecule has 0 atom stereocenters. The molecule has 5 rings (SSSR count).